The molecule has 0 aliphatic carbocycles. The smallest absolute Gasteiger partial charge is 0.126 e. The van der Waals surface area contributed by atoms with Crippen molar-refractivity contribution >= 4 is 5.69 Å². The van der Waals surface area contributed by atoms with Gasteiger partial charge in [0, 0.05) is 11.3 Å². The summed E-state index contributed by atoms with van der Waals surface area (Å²) in [6.07, 6.45) is 0. The maximum Gasteiger partial charge on any atom is 0.126 e. The molecule has 88 valence electrons. The van der Waals surface area contributed by atoms with Gasteiger partial charge in [0.15, 0.2) is 0 Å². The van der Waals surface area contributed by atoms with Crippen LogP contribution in [0.5, 0.6) is 5.75 Å². The van der Waals surface area contributed by atoms with E-state index in [1.54, 1.807) is 19.1 Å². The van der Waals surface area contributed by atoms with E-state index in [-0.39, 0.29) is 5.82 Å². The SMILES string of the molecule is Cc1cc(OCc2ccccc2N)ccc1F. The Balaban J connectivity index is 2.08. The lowest BCUT2D eigenvalue weighted by Gasteiger charge is -2.09. The van der Waals surface area contributed by atoms with Crippen LogP contribution >= 0.6 is 0 Å². The molecule has 0 aliphatic rings. The Kier molecular flexibility index (Phi) is 3.28. The summed E-state index contributed by atoms with van der Waals surface area (Å²) in [5.74, 6) is 0.420. The third-order valence-electron chi connectivity index (χ3n) is 2.58. The molecule has 0 amide bonds. The van der Waals surface area contributed by atoms with E-state index in [0.29, 0.717) is 23.6 Å². The van der Waals surface area contributed by atoms with Gasteiger partial charge in [-0.05, 0) is 36.8 Å². The first-order chi connectivity index (χ1) is 8.16. The van der Waals surface area contributed by atoms with E-state index in [1.165, 1.54) is 6.07 Å². The van der Waals surface area contributed by atoms with Gasteiger partial charge in [0.2, 0.25) is 0 Å². The second-order valence-corrected chi connectivity index (χ2v) is 3.90. The van der Waals surface area contributed by atoms with Crippen LogP contribution < -0.4 is 10.5 Å². The molecule has 0 radical (unpaired) electrons. The Hall–Kier alpha value is -2.03. The number of hydrogen-bond acceptors (Lipinski definition) is 2. The minimum absolute atomic E-state index is 0.225. The van der Waals surface area contributed by atoms with Gasteiger partial charge in [0.1, 0.15) is 18.2 Å². The number of nitrogens with two attached hydrogens (primary N) is 1. The van der Waals surface area contributed by atoms with Crippen molar-refractivity contribution in [3.8, 4) is 5.75 Å². The Morgan fingerprint density at radius 1 is 1.18 bits per heavy atom. The predicted molar refractivity (Wildman–Crippen MR) is 66.3 cm³/mol. The first-order valence-corrected chi connectivity index (χ1v) is 5.39. The summed E-state index contributed by atoms with van der Waals surface area (Å²) < 4.78 is 18.6. The van der Waals surface area contributed by atoms with Gasteiger partial charge in [-0.25, -0.2) is 4.39 Å². The fourth-order valence-corrected chi connectivity index (χ4v) is 1.53. The van der Waals surface area contributed by atoms with Crippen LogP contribution in [0, 0.1) is 12.7 Å². The summed E-state index contributed by atoms with van der Waals surface area (Å²) in [5.41, 5.74) is 8.00. The molecule has 0 aliphatic heterocycles. The average Bonchev–Trinajstić information content (AvgIpc) is 2.32. The summed E-state index contributed by atoms with van der Waals surface area (Å²) >= 11 is 0. The molecule has 0 atom stereocenters. The number of ether oxygens (including phenoxy) is 1. The largest absolute Gasteiger partial charge is 0.489 e. The highest BCUT2D eigenvalue weighted by Gasteiger charge is 2.02. The lowest BCUT2D eigenvalue weighted by molar-refractivity contribution is 0.306. The van der Waals surface area contributed by atoms with E-state index < -0.39 is 0 Å². The molecule has 0 unspecified atom stereocenters. The maximum absolute atomic E-state index is 13.1. The van der Waals surface area contributed by atoms with Crippen LogP contribution in [0.3, 0.4) is 0 Å². The van der Waals surface area contributed by atoms with Crippen LogP contribution in [-0.2, 0) is 6.61 Å². The topological polar surface area (TPSA) is 35.2 Å². The summed E-state index contributed by atoms with van der Waals surface area (Å²) in [6, 6.07) is 12.2. The number of aryl methyl sites for hydroxylation is 1. The van der Waals surface area contributed by atoms with E-state index in [4.69, 9.17) is 10.5 Å². The van der Waals surface area contributed by atoms with Crippen molar-refractivity contribution < 1.29 is 9.13 Å². The molecule has 0 spiro atoms. The Labute approximate surface area is 99.8 Å². The van der Waals surface area contributed by atoms with Crippen molar-refractivity contribution in [2.75, 3.05) is 5.73 Å². The molecule has 2 rings (SSSR count). The third-order valence-corrected chi connectivity index (χ3v) is 2.58. The Morgan fingerprint density at radius 2 is 1.94 bits per heavy atom. The second-order valence-electron chi connectivity index (χ2n) is 3.90. The van der Waals surface area contributed by atoms with Crippen molar-refractivity contribution in [3.05, 3.63) is 59.4 Å². The molecule has 2 nitrogen and oxygen atoms in total. The molecule has 2 aromatic carbocycles. The Morgan fingerprint density at radius 3 is 2.65 bits per heavy atom. The molecular formula is C14H14FNO. The van der Waals surface area contributed by atoms with Crippen LogP contribution in [0.2, 0.25) is 0 Å². The van der Waals surface area contributed by atoms with Crippen molar-refractivity contribution in [3.63, 3.8) is 0 Å². The average molecular weight is 231 g/mol. The third kappa shape index (κ3) is 2.75. The summed E-state index contributed by atoms with van der Waals surface area (Å²) in [4.78, 5) is 0. The zero-order valence-electron chi connectivity index (χ0n) is 9.61. The minimum Gasteiger partial charge on any atom is -0.489 e. The maximum atomic E-state index is 13.1. The quantitative estimate of drug-likeness (QED) is 0.822. The van der Waals surface area contributed by atoms with Crippen LogP contribution in [0.1, 0.15) is 11.1 Å². The molecule has 0 bridgehead atoms. The first kappa shape index (κ1) is 11.5. The van der Waals surface area contributed by atoms with Crippen LogP contribution in [-0.4, -0.2) is 0 Å². The zero-order chi connectivity index (χ0) is 12.3. The van der Waals surface area contributed by atoms with Gasteiger partial charge in [-0.2, -0.15) is 0 Å². The molecule has 0 saturated heterocycles. The van der Waals surface area contributed by atoms with Gasteiger partial charge in [-0.1, -0.05) is 18.2 Å². The van der Waals surface area contributed by atoms with Gasteiger partial charge in [0.25, 0.3) is 0 Å². The number of hydrogen-bond donors (Lipinski definition) is 1. The van der Waals surface area contributed by atoms with Gasteiger partial charge >= 0.3 is 0 Å². The number of para-hydroxylation sites is 1. The summed E-state index contributed by atoms with van der Waals surface area (Å²) in [5, 5.41) is 0. The Bertz CT molecular complexity index is 525. The van der Waals surface area contributed by atoms with Crippen LogP contribution in [0.25, 0.3) is 0 Å². The number of rotatable bonds is 3. The van der Waals surface area contributed by atoms with Crippen LogP contribution in [0.4, 0.5) is 10.1 Å². The lowest BCUT2D eigenvalue weighted by atomic mass is 10.2. The van der Waals surface area contributed by atoms with Crippen molar-refractivity contribution in [2.24, 2.45) is 0 Å². The molecule has 0 aromatic heterocycles. The van der Waals surface area contributed by atoms with E-state index >= 15 is 0 Å². The molecule has 0 saturated carbocycles. The normalized spacial score (nSPS) is 10.2. The molecule has 0 fully saturated rings. The fourth-order valence-electron chi connectivity index (χ4n) is 1.53. The number of halogens is 1. The fraction of sp³-hybridized carbons (Fsp3) is 0.143. The highest BCUT2D eigenvalue weighted by molar-refractivity contribution is 5.46. The summed E-state index contributed by atoms with van der Waals surface area (Å²) in [6.45, 7) is 2.09. The van der Waals surface area contributed by atoms with E-state index in [0.717, 1.165) is 5.56 Å². The van der Waals surface area contributed by atoms with Crippen molar-refractivity contribution in [2.45, 2.75) is 13.5 Å². The first-order valence-electron chi connectivity index (χ1n) is 5.39. The number of anilines is 1. The predicted octanol–water partition coefficient (Wildman–Crippen LogP) is 3.30. The molecule has 0 heterocycles. The van der Waals surface area contributed by atoms with Gasteiger partial charge in [-0.3, -0.25) is 0 Å². The highest BCUT2D eigenvalue weighted by Crippen LogP contribution is 2.19. The summed E-state index contributed by atoms with van der Waals surface area (Å²) in [7, 11) is 0. The van der Waals surface area contributed by atoms with Gasteiger partial charge < -0.3 is 10.5 Å². The number of nitrogen functional groups attached to an aromatic ring is 1. The van der Waals surface area contributed by atoms with Crippen LogP contribution in [0.15, 0.2) is 42.5 Å². The monoisotopic (exact) mass is 231 g/mol. The standard InChI is InChI=1S/C14H14FNO/c1-10-8-12(6-7-13(10)15)17-9-11-4-2-3-5-14(11)16/h2-8H,9,16H2,1H3. The van der Waals surface area contributed by atoms with Gasteiger partial charge in [0.05, 0.1) is 0 Å². The number of benzene rings is 2. The van der Waals surface area contributed by atoms with E-state index in [2.05, 4.69) is 0 Å². The van der Waals surface area contributed by atoms with Crippen molar-refractivity contribution in [1.82, 2.24) is 0 Å². The highest BCUT2D eigenvalue weighted by atomic mass is 19.1. The molecule has 2 aromatic rings. The molecular weight excluding hydrogens is 217 g/mol. The van der Waals surface area contributed by atoms with E-state index in [1.807, 2.05) is 24.3 Å². The van der Waals surface area contributed by atoms with E-state index in [9.17, 15) is 4.39 Å². The minimum atomic E-state index is -0.225. The second kappa shape index (κ2) is 4.87. The molecule has 2 N–H and O–H groups in total. The molecule has 3 heteroatoms. The lowest BCUT2D eigenvalue weighted by Crippen LogP contribution is -2.00. The van der Waals surface area contributed by atoms with Gasteiger partial charge in [-0.15, -0.1) is 0 Å². The zero-order valence-corrected chi connectivity index (χ0v) is 9.61. The molecule has 17 heavy (non-hydrogen) atoms. The van der Waals surface area contributed by atoms with Crippen molar-refractivity contribution in [1.29, 1.82) is 0 Å².